The van der Waals surface area contributed by atoms with Gasteiger partial charge >= 0.3 is 0 Å². The summed E-state index contributed by atoms with van der Waals surface area (Å²) in [7, 11) is 0. The zero-order valence-electron chi connectivity index (χ0n) is 12.2. The minimum absolute atomic E-state index is 0.0195. The number of anilines is 1. The smallest absolute Gasteiger partial charge is 0.243 e. The normalized spacial score (nSPS) is 16.4. The summed E-state index contributed by atoms with van der Waals surface area (Å²) in [4.78, 5) is 14.0. The van der Waals surface area contributed by atoms with E-state index < -0.39 is 5.92 Å². The summed E-state index contributed by atoms with van der Waals surface area (Å²) in [5.41, 5.74) is 0.368. The molecule has 0 aliphatic carbocycles. The highest BCUT2D eigenvalue weighted by molar-refractivity contribution is 5.86. The van der Waals surface area contributed by atoms with Crippen molar-refractivity contribution in [1.29, 1.82) is 5.26 Å². The lowest BCUT2D eigenvalue weighted by Gasteiger charge is -2.27. The fourth-order valence-corrected chi connectivity index (χ4v) is 2.08. The Bertz CT molecular complexity index is 517. The van der Waals surface area contributed by atoms with Crippen LogP contribution in [0.4, 0.5) is 5.82 Å². The van der Waals surface area contributed by atoms with Gasteiger partial charge in [0.1, 0.15) is 0 Å². The summed E-state index contributed by atoms with van der Waals surface area (Å²) >= 11 is 0. The average Bonchev–Trinajstić information content (AvgIpc) is 2.49. The van der Waals surface area contributed by atoms with Crippen LogP contribution in [0.3, 0.4) is 0 Å². The summed E-state index contributed by atoms with van der Waals surface area (Å²) < 4.78 is 5.28. The maximum Gasteiger partial charge on any atom is 0.243 e. The van der Waals surface area contributed by atoms with Gasteiger partial charge in [0.15, 0.2) is 11.7 Å². The Morgan fingerprint density at radius 2 is 2.10 bits per heavy atom. The van der Waals surface area contributed by atoms with Gasteiger partial charge in [0.2, 0.25) is 5.91 Å². The van der Waals surface area contributed by atoms with Gasteiger partial charge in [-0.15, -0.1) is 5.10 Å². The van der Waals surface area contributed by atoms with E-state index in [9.17, 15) is 10.1 Å². The highest BCUT2D eigenvalue weighted by Crippen LogP contribution is 2.16. The Hall–Kier alpha value is -2.20. The van der Waals surface area contributed by atoms with E-state index in [-0.39, 0.29) is 11.9 Å². The maximum atomic E-state index is 11.9. The summed E-state index contributed by atoms with van der Waals surface area (Å²) in [6.07, 6.45) is 0. The third-order valence-corrected chi connectivity index (χ3v) is 3.12. The molecule has 1 atom stereocenters. The van der Waals surface area contributed by atoms with Crippen molar-refractivity contribution in [2.75, 3.05) is 31.2 Å². The molecule has 2 heterocycles. The predicted molar refractivity (Wildman–Crippen MR) is 76.7 cm³/mol. The van der Waals surface area contributed by atoms with Crippen LogP contribution in [0.5, 0.6) is 0 Å². The fourth-order valence-electron chi connectivity index (χ4n) is 2.08. The van der Waals surface area contributed by atoms with Gasteiger partial charge in [-0.3, -0.25) is 4.79 Å². The Labute approximate surface area is 123 Å². The highest BCUT2D eigenvalue weighted by Gasteiger charge is 2.23. The molecule has 7 nitrogen and oxygen atoms in total. The predicted octanol–water partition coefficient (Wildman–Crippen LogP) is 0.445. The molecule has 1 aromatic heterocycles. The molecule has 1 saturated heterocycles. The van der Waals surface area contributed by atoms with E-state index in [0.717, 1.165) is 18.9 Å². The van der Waals surface area contributed by atoms with Crippen LogP contribution in [0.25, 0.3) is 0 Å². The molecule has 2 rings (SSSR count). The van der Waals surface area contributed by atoms with Gasteiger partial charge in [-0.25, -0.2) is 0 Å². The van der Waals surface area contributed by atoms with Crippen molar-refractivity contribution in [1.82, 2.24) is 15.5 Å². The molecule has 1 aliphatic rings. The van der Waals surface area contributed by atoms with E-state index in [1.54, 1.807) is 12.1 Å². The first-order valence-electron chi connectivity index (χ1n) is 6.98. The second kappa shape index (κ2) is 6.99. The van der Waals surface area contributed by atoms with Gasteiger partial charge in [0.25, 0.3) is 0 Å². The molecule has 0 aromatic carbocycles. The molecule has 1 unspecified atom stereocenters. The third-order valence-electron chi connectivity index (χ3n) is 3.12. The molecule has 1 amide bonds. The van der Waals surface area contributed by atoms with Gasteiger partial charge in [-0.05, 0) is 26.0 Å². The quantitative estimate of drug-likeness (QED) is 0.865. The summed E-state index contributed by atoms with van der Waals surface area (Å²) in [6, 6.07) is 5.43. The van der Waals surface area contributed by atoms with Crippen LogP contribution in [0, 0.1) is 11.3 Å². The first-order chi connectivity index (χ1) is 10.1. The van der Waals surface area contributed by atoms with Crippen molar-refractivity contribution in [3.05, 3.63) is 17.8 Å². The van der Waals surface area contributed by atoms with E-state index in [2.05, 4.69) is 20.4 Å². The van der Waals surface area contributed by atoms with E-state index in [4.69, 9.17) is 4.74 Å². The van der Waals surface area contributed by atoms with Crippen LogP contribution >= 0.6 is 0 Å². The monoisotopic (exact) mass is 289 g/mol. The van der Waals surface area contributed by atoms with Crippen LogP contribution in [-0.2, 0) is 9.53 Å². The van der Waals surface area contributed by atoms with Gasteiger partial charge < -0.3 is 15.0 Å². The molecule has 1 N–H and O–H groups in total. The van der Waals surface area contributed by atoms with E-state index in [1.807, 2.05) is 19.9 Å². The number of hydrogen-bond acceptors (Lipinski definition) is 6. The topological polar surface area (TPSA) is 91.1 Å². The van der Waals surface area contributed by atoms with Crippen molar-refractivity contribution in [2.24, 2.45) is 0 Å². The number of morpholine rings is 1. The van der Waals surface area contributed by atoms with Crippen LogP contribution in [-0.4, -0.2) is 48.4 Å². The fraction of sp³-hybridized carbons (Fsp3) is 0.571. The molecule has 21 heavy (non-hydrogen) atoms. The van der Waals surface area contributed by atoms with Crippen molar-refractivity contribution in [2.45, 2.75) is 25.8 Å². The lowest BCUT2D eigenvalue weighted by molar-refractivity contribution is -0.121. The Morgan fingerprint density at radius 3 is 2.62 bits per heavy atom. The maximum absolute atomic E-state index is 11.9. The standard InChI is InChI=1S/C14H19N5O2/c1-10(2)16-14(20)11(9-15)12-3-4-13(18-17-12)19-5-7-21-8-6-19/h3-4,10-11H,5-8H2,1-2H3,(H,16,20). The lowest BCUT2D eigenvalue weighted by atomic mass is 10.1. The largest absolute Gasteiger partial charge is 0.378 e. The zero-order chi connectivity index (χ0) is 15.2. The molecule has 0 spiro atoms. The van der Waals surface area contributed by atoms with Crippen molar-refractivity contribution < 1.29 is 9.53 Å². The third kappa shape index (κ3) is 3.89. The minimum Gasteiger partial charge on any atom is -0.378 e. The number of nitrogens with zero attached hydrogens (tertiary/aromatic N) is 4. The summed E-state index contributed by atoms with van der Waals surface area (Å²) in [5.74, 6) is -0.539. The Morgan fingerprint density at radius 1 is 1.38 bits per heavy atom. The SMILES string of the molecule is CC(C)NC(=O)C(C#N)c1ccc(N2CCOCC2)nn1. The number of hydrogen-bond donors (Lipinski definition) is 1. The van der Waals surface area contributed by atoms with Crippen molar-refractivity contribution in [3.8, 4) is 6.07 Å². The molecular formula is C14H19N5O2. The van der Waals surface area contributed by atoms with E-state index >= 15 is 0 Å². The molecule has 0 bridgehead atoms. The molecule has 7 heteroatoms. The molecule has 1 aliphatic heterocycles. The average molecular weight is 289 g/mol. The number of nitrogens with one attached hydrogen (secondary N) is 1. The number of ether oxygens (including phenoxy) is 1. The second-order valence-electron chi connectivity index (χ2n) is 5.14. The Balaban J connectivity index is 2.09. The van der Waals surface area contributed by atoms with E-state index in [0.29, 0.717) is 18.9 Å². The Kier molecular flexibility index (Phi) is 5.06. The highest BCUT2D eigenvalue weighted by atomic mass is 16.5. The lowest BCUT2D eigenvalue weighted by Crippen LogP contribution is -2.37. The van der Waals surface area contributed by atoms with Crippen molar-refractivity contribution in [3.63, 3.8) is 0 Å². The van der Waals surface area contributed by atoms with E-state index in [1.165, 1.54) is 0 Å². The van der Waals surface area contributed by atoms with Gasteiger partial charge in [0.05, 0.1) is 25.0 Å². The number of rotatable bonds is 4. The number of aromatic nitrogens is 2. The molecule has 0 saturated carbocycles. The first-order valence-corrected chi connectivity index (χ1v) is 6.98. The van der Waals surface area contributed by atoms with Crippen LogP contribution in [0.2, 0.25) is 0 Å². The molecule has 112 valence electrons. The molecule has 1 fully saturated rings. The molecule has 1 aromatic rings. The van der Waals surface area contributed by atoms with Gasteiger partial charge in [-0.1, -0.05) is 0 Å². The number of carbonyl (C=O) groups is 1. The summed E-state index contributed by atoms with van der Waals surface area (Å²) in [6.45, 7) is 6.56. The van der Waals surface area contributed by atoms with Crippen molar-refractivity contribution >= 4 is 11.7 Å². The molecule has 0 radical (unpaired) electrons. The van der Waals surface area contributed by atoms with Gasteiger partial charge in [0, 0.05) is 19.1 Å². The number of amides is 1. The van der Waals surface area contributed by atoms with Crippen LogP contribution in [0.15, 0.2) is 12.1 Å². The molecular weight excluding hydrogens is 270 g/mol. The number of carbonyl (C=O) groups excluding carboxylic acids is 1. The minimum atomic E-state index is -0.932. The zero-order valence-corrected chi connectivity index (χ0v) is 12.2. The first kappa shape index (κ1) is 15.2. The van der Waals surface area contributed by atoms with Crippen LogP contribution in [0.1, 0.15) is 25.5 Å². The summed E-state index contributed by atoms with van der Waals surface area (Å²) in [5, 5.41) is 20.0. The second-order valence-corrected chi connectivity index (χ2v) is 5.14. The number of nitriles is 1. The van der Waals surface area contributed by atoms with Gasteiger partial charge in [-0.2, -0.15) is 10.4 Å². The van der Waals surface area contributed by atoms with Crippen LogP contribution < -0.4 is 10.2 Å².